The van der Waals surface area contributed by atoms with Gasteiger partial charge in [-0.25, -0.2) is 0 Å². The molecular weight excluding hydrogens is 411 g/mol. The predicted molar refractivity (Wildman–Crippen MR) is 128 cm³/mol. The fourth-order valence-corrected chi connectivity index (χ4v) is 2.91. The summed E-state index contributed by atoms with van der Waals surface area (Å²) in [5.41, 5.74) is -0.350. The summed E-state index contributed by atoms with van der Waals surface area (Å²) in [6.07, 6.45) is 22.5. The maximum Gasteiger partial charge on any atom is 0.416 e. The van der Waals surface area contributed by atoms with Crippen LogP contribution in [0.4, 0.5) is 18.9 Å². The Kier molecular flexibility index (Phi) is 14.6. The van der Waals surface area contributed by atoms with Gasteiger partial charge in [0.05, 0.1) is 5.56 Å². The van der Waals surface area contributed by atoms with Crippen molar-refractivity contribution in [3.05, 3.63) is 78.4 Å². The molecule has 1 rings (SSSR count). The second kappa shape index (κ2) is 17.0. The molecule has 0 bridgehead atoms. The minimum absolute atomic E-state index is 0.194. The summed E-state index contributed by atoms with van der Waals surface area (Å²) in [7, 11) is 0. The van der Waals surface area contributed by atoms with Crippen LogP contribution in [0.15, 0.2) is 72.9 Å². The Bertz CT molecular complexity index is 743. The zero-order chi connectivity index (χ0) is 23.5. The molecule has 0 spiro atoms. The van der Waals surface area contributed by atoms with Crippen molar-refractivity contribution < 1.29 is 18.0 Å². The molecule has 0 saturated heterocycles. The standard InChI is InChI=1S/C27H36F3NO/c1-2-3-4-5-6-7-8-9-10-11-12-13-14-15-16-17-18-19-26(32)31-25-22-20-24(21-23-25)27(28,29)30/h6-7,9-10,12-13,15-16,20-23H,2-5,8,11,14,17-19H2,1H3,(H,31,32)/b7-6-,10-9-,13-12-,16-15-. The number of allylic oxidation sites excluding steroid dienone is 8. The number of unbranched alkanes of at least 4 members (excludes halogenated alkanes) is 4. The molecule has 1 amide bonds. The van der Waals surface area contributed by atoms with E-state index in [0.29, 0.717) is 18.5 Å². The Morgan fingerprint density at radius 2 is 1.28 bits per heavy atom. The van der Waals surface area contributed by atoms with E-state index in [0.717, 1.165) is 37.8 Å². The fourth-order valence-electron chi connectivity index (χ4n) is 2.91. The Hall–Kier alpha value is -2.56. The van der Waals surface area contributed by atoms with Crippen LogP contribution in [0.25, 0.3) is 0 Å². The minimum atomic E-state index is -4.37. The molecule has 1 N–H and O–H groups in total. The molecule has 0 aliphatic rings. The van der Waals surface area contributed by atoms with Gasteiger partial charge in [0.2, 0.25) is 5.91 Å². The Morgan fingerprint density at radius 1 is 0.781 bits per heavy atom. The summed E-state index contributed by atoms with van der Waals surface area (Å²) in [5.74, 6) is -0.194. The monoisotopic (exact) mass is 447 g/mol. The SMILES string of the molecule is CCCCC/C=C\C/C=C\C/C=C\C/C=C\CCCC(=O)Nc1ccc(C(F)(F)F)cc1. The number of nitrogens with one attached hydrogen (secondary N) is 1. The van der Waals surface area contributed by atoms with E-state index in [1.54, 1.807) is 0 Å². The maximum absolute atomic E-state index is 12.5. The van der Waals surface area contributed by atoms with Crippen LogP contribution in [-0.2, 0) is 11.0 Å². The lowest BCUT2D eigenvalue weighted by Crippen LogP contribution is -2.11. The predicted octanol–water partition coefficient (Wildman–Crippen LogP) is 8.79. The maximum atomic E-state index is 12.5. The first-order valence-electron chi connectivity index (χ1n) is 11.5. The van der Waals surface area contributed by atoms with Crippen LogP contribution < -0.4 is 5.32 Å². The number of carbonyl (C=O) groups excluding carboxylic acids is 1. The lowest BCUT2D eigenvalue weighted by atomic mass is 10.2. The molecule has 0 unspecified atom stereocenters. The first-order valence-corrected chi connectivity index (χ1v) is 11.5. The molecule has 0 fully saturated rings. The van der Waals surface area contributed by atoms with Gasteiger partial charge in [0.1, 0.15) is 0 Å². The van der Waals surface area contributed by atoms with E-state index in [-0.39, 0.29) is 5.91 Å². The van der Waals surface area contributed by atoms with Gasteiger partial charge in [0.25, 0.3) is 0 Å². The number of halogens is 3. The van der Waals surface area contributed by atoms with Gasteiger partial charge >= 0.3 is 6.18 Å². The largest absolute Gasteiger partial charge is 0.416 e. The van der Waals surface area contributed by atoms with E-state index in [9.17, 15) is 18.0 Å². The molecule has 1 aromatic rings. The summed E-state index contributed by atoms with van der Waals surface area (Å²) in [6, 6.07) is 4.48. The van der Waals surface area contributed by atoms with Gasteiger partial charge in [-0.2, -0.15) is 13.2 Å². The summed E-state index contributed by atoms with van der Waals surface area (Å²) in [6.45, 7) is 2.22. The lowest BCUT2D eigenvalue weighted by molar-refractivity contribution is -0.137. The first kappa shape index (κ1) is 27.5. The fraction of sp³-hybridized carbons (Fsp3) is 0.444. The van der Waals surface area contributed by atoms with Gasteiger partial charge in [-0.05, 0) is 69.2 Å². The number of carbonyl (C=O) groups is 1. The van der Waals surface area contributed by atoms with E-state index in [4.69, 9.17) is 0 Å². The minimum Gasteiger partial charge on any atom is -0.326 e. The molecule has 0 aromatic heterocycles. The van der Waals surface area contributed by atoms with E-state index in [1.807, 2.05) is 0 Å². The van der Waals surface area contributed by atoms with Crippen LogP contribution in [0.5, 0.6) is 0 Å². The van der Waals surface area contributed by atoms with Crippen LogP contribution >= 0.6 is 0 Å². The highest BCUT2D eigenvalue weighted by molar-refractivity contribution is 5.90. The molecule has 0 heterocycles. The van der Waals surface area contributed by atoms with E-state index in [1.165, 1.54) is 37.8 Å². The van der Waals surface area contributed by atoms with Crippen molar-refractivity contribution >= 4 is 11.6 Å². The average molecular weight is 448 g/mol. The third kappa shape index (κ3) is 14.4. The average Bonchev–Trinajstić information content (AvgIpc) is 2.75. The van der Waals surface area contributed by atoms with Crippen molar-refractivity contribution in [3.63, 3.8) is 0 Å². The second-order valence-electron chi connectivity index (χ2n) is 7.60. The van der Waals surface area contributed by atoms with Gasteiger partial charge in [0.15, 0.2) is 0 Å². The van der Waals surface area contributed by atoms with Gasteiger partial charge in [-0.1, -0.05) is 68.4 Å². The normalized spacial score (nSPS) is 12.6. The number of hydrogen-bond donors (Lipinski definition) is 1. The third-order valence-corrected chi connectivity index (χ3v) is 4.73. The number of amides is 1. The molecule has 32 heavy (non-hydrogen) atoms. The van der Waals surface area contributed by atoms with Gasteiger partial charge in [0, 0.05) is 12.1 Å². The van der Waals surface area contributed by atoms with E-state index < -0.39 is 11.7 Å². The van der Waals surface area contributed by atoms with E-state index in [2.05, 4.69) is 60.8 Å². The van der Waals surface area contributed by atoms with Crippen molar-refractivity contribution in [3.8, 4) is 0 Å². The Labute approximate surface area is 191 Å². The third-order valence-electron chi connectivity index (χ3n) is 4.73. The molecular formula is C27H36F3NO. The van der Waals surface area contributed by atoms with Crippen LogP contribution in [0.3, 0.4) is 0 Å². The molecule has 2 nitrogen and oxygen atoms in total. The van der Waals surface area contributed by atoms with Gasteiger partial charge in [-0.3, -0.25) is 4.79 Å². The molecule has 0 saturated carbocycles. The number of alkyl halides is 3. The van der Waals surface area contributed by atoms with Crippen LogP contribution in [0, 0.1) is 0 Å². The molecule has 0 radical (unpaired) electrons. The number of hydrogen-bond acceptors (Lipinski definition) is 1. The summed E-state index contributed by atoms with van der Waals surface area (Å²) < 4.78 is 37.6. The van der Waals surface area contributed by atoms with Crippen LogP contribution in [0.1, 0.15) is 76.7 Å². The second-order valence-corrected chi connectivity index (χ2v) is 7.60. The highest BCUT2D eigenvalue weighted by Gasteiger charge is 2.29. The highest BCUT2D eigenvalue weighted by Crippen LogP contribution is 2.29. The molecule has 0 aliphatic heterocycles. The van der Waals surface area contributed by atoms with Gasteiger partial charge < -0.3 is 5.32 Å². The zero-order valence-electron chi connectivity index (χ0n) is 19.0. The Morgan fingerprint density at radius 3 is 1.78 bits per heavy atom. The van der Waals surface area contributed by atoms with Crippen LogP contribution in [0.2, 0.25) is 0 Å². The van der Waals surface area contributed by atoms with Crippen molar-refractivity contribution in [2.24, 2.45) is 0 Å². The summed E-state index contributed by atoms with van der Waals surface area (Å²) >= 11 is 0. The smallest absolute Gasteiger partial charge is 0.326 e. The van der Waals surface area contributed by atoms with Gasteiger partial charge in [-0.15, -0.1) is 0 Å². The highest BCUT2D eigenvalue weighted by atomic mass is 19.4. The Balaban J connectivity index is 2.06. The van der Waals surface area contributed by atoms with Crippen molar-refractivity contribution in [1.82, 2.24) is 0 Å². The lowest BCUT2D eigenvalue weighted by Gasteiger charge is -2.08. The topological polar surface area (TPSA) is 29.1 Å². The van der Waals surface area contributed by atoms with Crippen molar-refractivity contribution in [2.45, 2.75) is 77.3 Å². The van der Waals surface area contributed by atoms with Crippen molar-refractivity contribution in [2.75, 3.05) is 5.32 Å². The number of rotatable bonds is 15. The molecule has 5 heteroatoms. The first-order chi connectivity index (χ1) is 15.4. The molecule has 1 aromatic carbocycles. The van der Waals surface area contributed by atoms with Crippen molar-refractivity contribution in [1.29, 1.82) is 0 Å². The zero-order valence-corrected chi connectivity index (χ0v) is 19.0. The molecule has 0 atom stereocenters. The number of anilines is 1. The van der Waals surface area contributed by atoms with Crippen LogP contribution in [-0.4, -0.2) is 5.91 Å². The van der Waals surface area contributed by atoms with E-state index >= 15 is 0 Å². The number of benzene rings is 1. The molecule has 176 valence electrons. The quantitative estimate of drug-likeness (QED) is 0.211. The summed E-state index contributed by atoms with van der Waals surface area (Å²) in [5, 5.41) is 2.62. The molecule has 0 aliphatic carbocycles. The summed E-state index contributed by atoms with van der Waals surface area (Å²) in [4.78, 5) is 11.9.